The Hall–Kier alpha value is -3.55. The van der Waals surface area contributed by atoms with E-state index < -0.39 is 33.3 Å². The first-order chi connectivity index (χ1) is 16.1. The van der Waals surface area contributed by atoms with Crippen LogP contribution in [0, 0.1) is 17.0 Å². The summed E-state index contributed by atoms with van der Waals surface area (Å²) in [6.45, 7) is 2.13. The van der Waals surface area contributed by atoms with Crippen molar-refractivity contribution in [1.82, 2.24) is 9.62 Å². The van der Waals surface area contributed by atoms with Crippen molar-refractivity contribution in [2.45, 2.75) is 11.8 Å². The molecule has 2 aromatic rings. The number of rotatable bonds is 8. The summed E-state index contributed by atoms with van der Waals surface area (Å²) in [7, 11) is -2.43. The van der Waals surface area contributed by atoms with Crippen LogP contribution in [0.1, 0.15) is 15.9 Å². The van der Waals surface area contributed by atoms with E-state index in [2.05, 4.69) is 10.6 Å². The molecule has 2 N–H and O–H groups in total. The highest BCUT2D eigenvalue weighted by Gasteiger charge is 2.27. The number of nitrogens with one attached hydrogen (secondary N) is 2. The Balaban J connectivity index is 1.70. The van der Waals surface area contributed by atoms with Crippen molar-refractivity contribution < 1.29 is 32.4 Å². The number of benzene rings is 2. The molecule has 0 aromatic heterocycles. The lowest BCUT2D eigenvalue weighted by molar-refractivity contribution is -0.385. The van der Waals surface area contributed by atoms with Crippen molar-refractivity contribution in [2.75, 3.05) is 45.3 Å². The lowest BCUT2D eigenvalue weighted by Crippen LogP contribution is -2.40. The molecule has 3 rings (SSSR count). The SMILES string of the molecule is COc1ccc(S(=O)(=O)N2CCOCC2)cc1NC(=O)CNC(=O)c1ccc(C)c([N+](=O)[O-])c1. The number of aryl methyl sites for hydroxylation is 1. The van der Waals surface area contributed by atoms with Gasteiger partial charge in [-0.25, -0.2) is 8.42 Å². The van der Waals surface area contributed by atoms with Gasteiger partial charge in [0, 0.05) is 30.3 Å². The zero-order valence-electron chi connectivity index (χ0n) is 18.6. The average molecular weight is 493 g/mol. The van der Waals surface area contributed by atoms with E-state index in [4.69, 9.17) is 9.47 Å². The summed E-state index contributed by atoms with van der Waals surface area (Å²) >= 11 is 0. The van der Waals surface area contributed by atoms with Crippen LogP contribution in [0.4, 0.5) is 11.4 Å². The van der Waals surface area contributed by atoms with Gasteiger partial charge in [0.15, 0.2) is 0 Å². The fourth-order valence-corrected chi connectivity index (χ4v) is 4.72. The number of carbonyl (C=O) groups is 2. The summed E-state index contributed by atoms with van der Waals surface area (Å²) in [6.07, 6.45) is 0. The van der Waals surface area contributed by atoms with Crippen LogP contribution in [-0.2, 0) is 19.6 Å². The highest BCUT2D eigenvalue weighted by molar-refractivity contribution is 7.89. The summed E-state index contributed by atoms with van der Waals surface area (Å²) in [5.74, 6) is -1.09. The van der Waals surface area contributed by atoms with Crippen LogP contribution < -0.4 is 15.4 Å². The third kappa shape index (κ3) is 5.68. The van der Waals surface area contributed by atoms with Gasteiger partial charge in [-0.3, -0.25) is 19.7 Å². The molecule has 1 aliphatic heterocycles. The van der Waals surface area contributed by atoms with Gasteiger partial charge in [-0.1, -0.05) is 6.07 Å². The number of nitro groups is 1. The molecule has 12 nitrogen and oxygen atoms in total. The zero-order chi connectivity index (χ0) is 24.9. The minimum atomic E-state index is -3.80. The molecule has 0 unspecified atom stereocenters. The van der Waals surface area contributed by atoms with Gasteiger partial charge in [0.1, 0.15) is 5.75 Å². The van der Waals surface area contributed by atoms with Gasteiger partial charge < -0.3 is 20.1 Å². The monoisotopic (exact) mass is 492 g/mol. The summed E-state index contributed by atoms with van der Waals surface area (Å²) in [5, 5.41) is 16.0. The summed E-state index contributed by atoms with van der Waals surface area (Å²) < 4.78 is 37.5. The van der Waals surface area contributed by atoms with E-state index >= 15 is 0 Å². The van der Waals surface area contributed by atoms with Crippen molar-refractivity contribution in [3.05, 3.63) is 57.6 Å². The fraction of sp³-hybridized carbons (Fsp3) is 0.333. The number of morpholine rings is 1. The number of hydrogen-bond donors (Lipinski definition) is 2. The predicted octanol–water partition coefficient (Wildman–Crippen LogP) is 1.30. The molecule has 0 spiro atoms. The Morgan fingerprint density at radius 3 is 2.53 bits per heavy atom. The van der Waals surface area contributed by atoms with Gasteiger partial charge in [-0.15, -0.1) is 0 Å². The molecule has 34 heavy (non-hydrogen) atoms. The highest BCUT2D eigenvalue weighted by atomic mass is 32.2. The first-order valence-electron chi connectivity index (χ1n) is 10.2. The van der Waals surface area contributed by atoms with Crippen LogP contribution in [-0.4, -0.2) is 69.4 Å². The van der Waals surface area contributed by atoms with E-state index in [0.29, 0.717) is 18.8 Å². The number of amides is 2. The van der Waals surface area contributed by atoms with E-state index in [0.717, 1.165) is 6.07 Å². The predicted molar refractivity (Wildman–Crippen MR) is 121 cm³/mol. The number of nitrogens with zero attached hydrogens (tertiary/aromatic N) is 2. The smallest absolute Gasteiger partial charge is 0.273 e. The first-order valence-corrected chi connectivity index (χ1v) is 11.7. The zero-order valence-corrected chi connectivity index (χ0v) is 19.4. The Morgan fingerprint density at radius 1 is 1.18 bits per heavy atom. The van der Waals surface area contributed by atoms with E-state index in [-0.39, 0.29) is 40.7 Å². The Bertz CT molecular complexity index is 1210. The third-order valence-corrected chi connectivity index (χ3v) is 7.03. The van der Waals surface area contributed by atoms with Crippen molar-refractivity contribution in [3.8, 4) is 5.75 Å². The molecule has 0 bridgehead atoms. The molecule has 0 atom stereocenters. The second-order valence-corrected chi connectivity index (χ2v) is 9.31. The molecule has 1 heterocycles. The normalized spacial score (nSPS) is 14.3. The molecular formula is C21H24N4O8S. The minimum Gasteiger partial charge on any atom is -0.495 e. The average Bonchev–Trinajstić information content (AvgIpc) is 2.83. The van der Waals surface area contributed by atoms with Gasteiger partial charge in [-0.05, 0) is 31.2 Å². The van der Waals surface area contributed by atoms with Crippen LogP contribution in [0.2, 0.25) is 0 Å². The molecule has 0 radical (unpaired) electrons. The number of carbonyl (C=O) groups excluding carboxylic acids is 2. The number of ether oxygens (including phenoxy) is 2. The van der Waals surface area contributed by atoms with Crippen molar-refractivity contribution >= 4 is 33.2 Å². The number of anilines is 1. The summed E-state index contributed by atoms with van der Waals surface area (Å²) in [6, 6.07) is 8.08. The van der Waals surface area contributed by atoms with E-state index in [1.54, 1.807) is 6.92 Å². The molecule has 182 valence electrons. The van der Waals surface area contributed by atoms with Crippen molar-refractivity contribution in [3.63, 3.8) is 0 Å². The Labute approximate surface area is 196 Å². The molecule has 2 amide bonds. The third-order valence-electron chi connectivity index (χ3n) is 5.13. The molecule has 1 aliphatic rings. The number of methoxy groups -OCH3 is 1. The van der Waals surface area contributed by atoms with Crippen molar-refractivity contribution in [2.24, 2.45) is 0 Å². The molecule has 0 aliphatic carbocycles. The van der Waals surface area contributed by atoms with Crippen molar-refractivity contribution in [1.29, 1.82) is 0 Å². The van der Waals surface area contributed by atoms with Crippen LogP contribution in [0.3, 0.4) is 0 Å². The van der Waals surface area contributed by atoms with Gasteiger partial charge in [0.2, 0.25) is 15.9 Å². The lowest BCUT2D eigenvalue weighted by Gasteiger charge is -2.26. The number of sulfonamides is 1. The largest absolute Gasteiger partial charge is 0.495 e. The van der Waals surface area contributed by atoms with Gasteiger partial charge in [0.05, 0.1) is 42.4 Å². The second kappa shape index (κ2) is 10.6. The van der Waals surface area contributed by atoms with E-state index in [1.807, 2.05) is 0 Å². The summed E-state index contributed by atoms with van der Waals surface area (Å²) in [4.78, 5) is 35.2. The lowest BCUT2D eigenvalue weighted by atomic mass is 10.1. The molecule has 1 fully saturated rings. The quantitative estimate of drug-likeness (QED) is 0.412. The van der Waals surface area contributed by atoms with Gasteiger partial charge >= 0.3 is 0 Å². The van der Waals surface area contributed by atoms with E-state index in [9.17, 15) is 28.1 Å². The molecular weight excluding hydrogens is 468 g/mol. The minimum absolute atomic E-state index is 0.0264. The Morgan fingerprint density at radius 2 is 1.88 bits per heavy atom. The fourth-order valence-electron chi connectivity index (χ4n) is 3.29. The van der Waals surface area contributed by atoms with Crippen LogP contribution in [0.5, 0.6) is 5.75 Å². The van der Waals surface area contributed by atoms with E-state index in [1.165, 1.54) is 41.7 Å². The second-order valence-electron chi connectivity index (χ2n) is 7.37. The summed E-state index contributed by atoms with van der Waals surface area (Å²) in [5.41, 5.74) is 0.335. The van der Waals surface area contributed by atoms with Crippen LogP contribution in [0.15, 0.2) is 41.3 Å². The first kappa shape index (κ1) is 25.1. The topological polar surface area (TPSA) is 157 Å². The van der Waals surface area contributed by atoms with Crippen LogP contribution >= 0.6 is 0 Å². The molecule has 1 saturated heterocycles. The number of hydrogen-bond acceptors (Lipinski definition) is 8. The molecule has 0 saturated carbocycles. The number of nitro benzene ring substituents is 1. The van der Waals surface area contributed by atoms with Crippen LogP contribution in [0.25, 0.3) is 0 Å². The molecule has 13 heteroatoms. The Kier molecular flexibility index (Phi) is 7.81. The maximum atomic E-state index is 12.9. The van der Waals surface area contributed by atoms with Gasteiger partial charge in [-0.2, -0.15) is 4.31 Å². The molecule has 2 aromatic carbocycles. The highest BCUT2D eigenvalue weighted by Crippen LogP contribution is 2.29. The maximum absolute atomic E-state index is 12.9. The standard InChI is InChI=1S/C21H24N4O8S/c1-14-3-4-15(11-18(14)25(28)29)21(27)22-13-20(26)23-17-12-16(5-6-19(17)32-2)34(30,31)24-7-9-33-10-8-24/h3-6,11-12H,7-10,13H2,1-2H3,(H,22,27)(H,23,26). The van der Waals surface area contributed by atoms with Gasteiger partial charge in [0.25, 0.3) is 11.6 Å². The maximum Gasteiger partial charge on any atom is 0.273 e.